The molecule has 0 bridgehead atoms. The van der Waals surface area contributed by atoms with Gasteiger partial charge in [-0.2, -0.15) is 5.10 Å². The zero-order valence-corrected chi connectivity index (χ0v) is 12.2. The van der Waals surface area contributed by atoms with E-state index in [9.17, 15) is 0 Å². The Kier molecular flexibility index (Phi) is 4.22. The minimum atomic E-state index is 0.544. The molecule has 0 amide bonds. The van der Waals surface area contributed by atoms with Crippen LogP contribution in [-0.4, -0.2) is 33.8 Å². The van der Waals surface area contributed by atoms with Crippen molar-refractivity contribution in [3.63, 3.8) is 0 Å². The highest BCUT2D eigenvalue weighted by Gasteiger charge is 2.25. The van der Waals surface area contributed by atoms with Crippen LogP contribution in [0.15, 0.2) is 4.47 Å². The van der Waals surface area contributed by atoms with Crippen LogP contribution in [0.1, 0.15) is 31.2 Å². The van der Waals surface area contributed by atoms with E-state index in [0.717, 1.165) is 36.3 Å². The van der Waals surface area contributed by atoms with Gasteiger partial charge in [-0.25, -0.2) is 0 Å². The number of aromatic nitrogens is 2. The van der Waals surface area contributed by atoms with Gasteiger partial charge >= 0.3 is 0 Å². The zero-order valence-electron chi connectivity index (χ0n) is 10.6. The van der Waals surface area contributed by atoms with Gasteiger partial charge in [0.15, 0.2) is 0 Å². The lowest BCUT2D eigenvalue weighted by atomic mass is 10.2. The zero-order chi connectivity index (χ0) is 12.4. The summed E-state index contributed by atoms with van der Waals surface area (Å²) in [4.78, 5) is 2.48. The Labute approximate surface area is 111 Å². The van der Waals surface area contributed by atoms with Gasteiger partial charge in [-0.05, 0) is 49.2 Å². The first-order valence-electron chi connectivity index (χ1n) is 6.33. The van der Waals surface area contributed by atoms with Crippen LogP contribution in [0.2, 0.25) is 0 Å². The van der Waals surface area contributed by atoms with Crippen LogP contribution in [0.3, 0.4) is 0 Å². The van der Waals surface area contributed by atoms with E-state index in [1.165, 1.54) is 18.5 Å². The van der Waals surface area contributed by atoms with Gasteiger partial charge in [0.2, 0.25) is 0 Å². The number of aryl methyl sites for hydroxylation is 2. The summed E-state index contributed by atoms with van der Waals surface area (Å²) in [6, 6.07) is 0.544. The van der Waals surface area contributed by atoms with E-state index in [0.29, 0.717) is 6.04 Å². The molecule has 0 radical (unpaired) electrons. The fourth-order valence-corrected chi connectivity index (χ4v) is 2.99. The van der Waals surface area contributed by atoms with Gasteiger partial charge in [0.25, 0.3) is 0 Å². The molecule has 0 saturated carbocycles. The van der Waals surface area contributed by atoms with Crippen LogP contribution in [0.4, 0.5) is 0 Å². The van der Waals surface area contributed by atoms with Crippen molar-refractivity contribution >= 4 is 15.9 Å². The van der Waals surface area contributed by atoms with E-state index in [4.69, 9.17) is 5.73 Å². The molecule has 1 atom stereocenters. The van der Waals surface area contributed by atoms with Crippen LogP contribution in [-0.2, 0) is 13.1 Å². The van der Waals surface area contributed by atoms with Crippen LogP contribution >= 0.6 is 15.9 Å². The number of hydrogen-bond donors (Lipinski definition) is 1. The lowest BCUT2D eigenvalue weighted by Gasteiger charge is -2.23. The van der Waals surface area contributed by atoms with E-state index < -0.39 is 0 Å². The number of hydrogen-bond acceptors (Lipinski definition) is 3. The van der Waals surface area contributed by atoms with Crippen LogP contribution in [0.5, 0.6) is 0 Å². The van der Waals surface area contributed by atoms with Crippen LogP contribution in [0, 0.1) is 6.92 Å². The van der Waals surface area contributed by atoms with Crippen molar-refractivity contribution in [3.05, 3.63) is 15.9 Å². The molecule has 2 rings (SSSR count). The van der Waals surface area contributed by atoms with E-state index in [2.05, 4.69) is 37.5 Å². The first-order valence-corrected chi connectivity index (χ1v) is 7.12. The average Bonchev–Trinajstić information content (AvgIpc) is 2.88. The molecule has 5 heteroatoms. The topological polar surface area (TPSA) is 47.1 Å². The monoisotopic (exact) mass is 300 g/mol. The standard InChI is InChI=1S/C12H21BrN4/c1-3-17-11(12(13)9(2)15-17)8-16-6-4-5-10(16)7-14/h10H,3-8,14H2,1-2H3. The summed E-state index contributed by atoms with van der Waals surface area (Å²) >= 11 is 3.65. The number of likely N-dealkylation sites (tertiary alicyclic amines) is 1. The fraction of sp³-hybridized carbons (Fsp3) is 0.750. The van der Waals surface area contributed by atoms with Gasteiger partial charge in [-0.3, -0.25) is 9.58 Å². The number of halogens is 1. The molecule has 2 N–H and O–H groups in total. The Bertz CT molecular complexity index is 388. The highest BCUT2D eigenvalue weighted by atomic mass is 79.9. The number of nitrogens with two attached hydrogens (primary N) is 1. The maximum Gasteiger partial charge on any atom is 0.0739 e. The highest BCUT2D eigenvalue weighted by molar-refractivity contribution is 9.10. The summed E-state index contributed by atoms with van der Waals surface area (Å²) in [5.74, 6) is 0. The van der Waals surface area contributed by atoms with Crippen LogP contribution in [0.25, 0.3) is 0 Å². The molecular weight excluding hydrogens is 280 g/mol. The maximum absolute atomic E-state index is 5.82. The summed E-state index contributed by atoms with van der Waals surface area (Å²) in [5.41, 5.74) is 8.17. The van der Waals surface area contributed by atoms with Gasteiger partial charge in [0.1, 0.15) is 0 Å². The molecule has 1 fully saturated rings. The van der Waals surface area contributed by atoms with Crippen LogP contribution < -0.4 is 5.73 Å². The van der Waals surface area contributed by atoms with Gasteiger partial charge in [-0.1, -0.05) is 0 Å². The van der Waals surface area contributed by atoms with Crippen molar-refractivity contribution < 1.29 is 0 Å². The lowest BCUT2D eigenvalue weighted by molar-refractivity contribution is 0.242. The predicted molar refractivity (Wildman–Crippen MR) is 72.8 cm³/mol. The number of nitrogens with zero attached hydrogens (tertiary/aromatic N) is 3. The molecule has 4 nitrogen and oxygen atoms in total. The lowest BCUT2D eigenvalue weighted by Crippen LogP contribution is -2.35. The molecule has 1 aliphatic rings. The average molecular weight is 301 g/mol. The van der Waals surface area contributed by atoms with Gasteiger partial charge in [0.05, 0.1) is 15.9 Å². The van der Waals surface area contributed by atoms with E-state index in [1.807, 2.05) is 6.92 Å². The van der Waals surface area contributed by atoms with E-state index >= 15 is 0 Å². The third kappa shape index (κ3) is 2.56. The molecular formula is C12H21BrN4. The highest BCUT2D eigenvalue weighted by Crippen LogP contribution is 2.26. The summed E-state index contributed by atoms with van der Waals surface area (Å²) < 4.78 is 3.24. The normalized spacial score (nSPS) is 21.3. The molecule has 1 aromatic heterocycles. The Morgan fingerprint density at radius 2 is 2.29 bits per heavy atom. The molecule has 1 aromatic rings. The maximum atomic E-state index is 5.82. The second kappa shape index (κ2) is 5.50. The summed E-state index contributed by atoms with van der Waals surface area (Å²) in [5, 5.41) is 4.53. The van der Waals surface area contributed by atoms with E-state index in [-0.39, 0.29) is 0 Å². The van der Waals surface area contributed by atoms with Crippen molar-refractivity contribution in [1.29, 1.82) is 0 Å². The fourth-order valence-electron chi connectivity index (χ4n) is 2.58. The van der Waals surface area contributed by atoms with E-state index in [1.54, 1.807) is 0 Å². The predicted octanol–water partition coefficient (Wildman–Crippen LogP) is 1.90. The second-order valence-corrected chi connectivity index (χ2v) is 5.46. The quantitative estimate of drug-likeness (QED) is 0.924. The van der Waals surface area contributed by atoms with Crippen molar-refractivity contribution in [3.8, 4) is 0 Å². The summed E-state index contributed by atoms with van der Waals surface area (Å²) in [7, 11) is 0. The molecule has 0 spiro atoms. The minimum Gasteiger partial charge on any atom is -0.329 e. The summed E-state index contributed by atoms with van der Waals surface area (Å²) in [6.07, 6.45) is 2.49. The van der Waals surface area contributed by atoms with Crippen molar-refractivity contribution in [2.24, 2.45) is 5.73 Å². The molecule has 0 aliphatic carbocycles. The molecule has 2 heterocycles. The Hall–Kier alpha value is -0.390. The van der Waals surface area contributed by atoms with Gasteiger partial charge in [0, 0.05) is 25.7 Å². The third-order valence-corrected chi connectivity index (χ3v) is 4.61. The molecule has 0 aromatic carbocycles. The molecule has 1 saturated heterocycles. The molecule has 96 valence electrons. The SMILES string of the molecule is CCn1nc(C)c(Br)c1CN1CCCC1CN. The van der Waals surface area contributed by atoms with Gasteiger partial charge < -0.3 is 5.73 Å². The minimum absolute atomic E-state index is 0.544. The third-order valence-electron chi connectivity index (χ3n) is 3.58. The Morgan fingerprint density at radius 1 is 1.53 bits per heavy atom. The smallest absolute Gasteiger partial charge is 0.0739 e. The first kappa shape index (κ1) is 13.1. The first-order chi connectivity index (χ1) is 8.17. The largest absolute Gasteiger partial charge is 0.329 e. The Morgan fingerprint density at radius 3 is 2.94 bits per heavy atom. The number of rotatable bonds is 4. The summed E-state index contributed by atoms with van der Waals surface area (Å²) in [6.45, 7) is 7.97. The van der Waals surface area contributed by atoms with Crippen molar-refractivity contribution in [2.45, 2.75) is 45.8 Å². The van der Waals surface area contributed by atoms with Crippen molar-refractivity contribution in [2.75, 3.05) is 13.1 Å². The van der Waals surface area contributed by atoms with Gasteiger partial charge in [-0.15, -0.1) is 0 Å². The molecule has 1 aliphatic heterocycles. The molecule has 1 unspecified atom stereocenters. The second-order valence-electron chi connectivity index (χ2n) is 4.66. The molecule has 17 heavy (non-hydrogen) atoms. The Balaban J connectivity index is 2.17. The van der Waals surface area contributed by atoms with Crippen molar-refractivity contribution in [1.82, 2.24) is 14.7 Å².